The van der Waals surface area contributed by atoms with Crippen molar-refractivity contribution in [2.45, 2.75) is 38.4 Å². The van der Waals surface area contributed by atoms with Gasteiger partial charge in [-0.25, -0.2) is 17.6 Å². The van der Waals surface area contributed by atoms with Gasteiger partial charge in [0.05, 0.1) is 43.4 Å². The number of aliphatic carboxylic acids is 1. The highest BCUT2D eigenvalue weighted by atomic mass is 19.2. The smallest absolute Gasteiger partial charge is 0.309 e. The van der Waals surface area contributed by atoms with Crippen LogP contribution >= 0.6 is 0 Å². The molecule has 11 heteroatoms. The summed E-state index contributed by atoms with van der Waals surface area (Å²) in [4.78, 5) is 21.2. The number of rotatable bonds is 9. The number of hydrogen-bond donors (Lipinski definition) is 1. The van der Waals surface area contributed by atoms with Gasteiger partial charge in [-0.1, -0.05) is 11.8 Å². The number of nitrogens with zero attached hydrogens (tertiary/aromatic N) is 3. The molecule has 1 aromatic heterocycles. The number of benzene rings is 2. The van der Waals surface area contributed by atoms with Crippen LogP contribution in [0.4, 0.5) is 17.6 Å². The normalized spacial score (nSPS) is 18.0. The van der Waals surface area contributed by atoms with Gasteiger partial charge < -0.3 is 14.6 Å². The number of piperidine rings is 1. The Morgan fingerprint density at radius 1 is 1.11 bits per heavy atom. The van der Waals surface area contributed by atoms with Gasteiger partial charge in [-0.15, -0.1) is 0 Å². The number of fused-ring (bicyclic) bond motifs is 1. The second-order valence-corrected chi connectivity index (χ2v) is 11.4. The fourth-order valence-electron chi connectivity index (χ4n) is 6.01. The molecular weight excluding hydrogens is 578 g/mol. The minimum absolute atomic E-state index is 0.0168. The number of methoxy groups -OCH3 is 1. The van der Waals surface area contributed by atoms with E-state index in [-0.39, 0.29) is 37.8 Å². The van der Waals surface area contributed by atoms with Crippen molar-refractivity contribution in [3.8, 4) is 17.6 Å². The second kappa shape index (κ2) is 13.9. The summed E-state index contributed by atoms with van der Waals surface area (Å²) in [7, 11) is 1.55. The lowest BCUT2D eigenvalue weighted by Crippen LogP contribution is -2.44. The van der Waals surface area contributed by atoms with E-state index in [1.54, 1.807) is 31.5 Å². The van der Waals surface area contributed by atoms with E-state index in [1.807, 2.05) is 4.90 Å². The number of halogens is 4. The lowest BCUT2D eigenvalue weighted by atomic mass is 9.74. The molecule has 5 rings (SSSR count). The molecule has 1 N–H and O–H groups in total. The Bertz CT molecular complexity index is 1560. The van der Waals surface area contributed by atoms with Crippen LogP contribution in [0.1, 0.15) is 48.5 Å². The topological polar surface area (TPSA) is 75.1 Å². The first-order valence-electron chi connectivity index (χ1n) is 14.7. The number of pyridine rings is 1. The number of alkyl halides is 1. The molecule has 0 radical (unpaired) electrons. The molecule has 0 amide bonds. The van der Waals surface area contributed by atoms with Crippen LogP contribution < -0.4 is 4.74 Å². The molecule has 0 bridgehead atoms. The van der Waals surface area contributed by atoms with Gasteiger partial charge >= 0.3 is 5.97 Å². The molecule has 0 aliphatic carbocycles. The average Bonchev–Trinajstić information content (AvgIpc) is 3.02. The van der Waals surface area contributed by atoms with Crippen molar-refractivity contribution >= 4 is 16.9 Å². The van der Waals surface area contributed by atoms with Crippen molar-refractivity contribution in [2.75, 3.05) is 53.0 Å². The summed E-state index contributed by atoms with van der Waals surface area (Å²) in [6.45, 7) is 4.11. The second-order valence-electron chi connectivity index (χ2n) is 11.4. The molecule has 1 atom stereocenters. The Hall–Kier alpha value is -3.72. The number of hydrogen-bond acceptors (Lipinski definition) is 6. The molecule has 2 aliphatic heterocycles. The van der Waals surface area contributed by atoms with E-state index in [1.165, 1.54) is 0 Å². The SMILES string of the molecule is COc1ccc2ncc(CN3CCOCC3)c([C@H](F)CCC3(C(=O)O)CCN(CC#Cc4cc(F)cc(F)c4F)CC3)c2c1. The van der Waals surface area contributed by atoms with Gasteiger partial charge in [0.25, 0.3) is 0 Å². The minimum Gasteiger partial charge on any atom is -0.497 e. The highest BCUT2D eigenvalue weighted by molar-refractivity contribution is 5.85. The van der Waals surface area contributed by atoms with Crippen LogP contribution in [0.2, 0.25) is 0 Å². The van der Waals surface area contributed by atoms with Gasteiger partial charge in [0, 0.05) is 55.9 Å². The molecule has 3 aromatic rings. The molecule has 7 nitrogen and oxygen atoms in total. The lowest BCUT2D eigenvalue weighted by Gasteiger charge is -2.38. The number of carboxylic acids is 1. The highest BCUT2D eigenvalue weighted by Crippen LogP contribution is 2.41. The number of carbonyl (C=O) groups is 1. The number of ether oxygens (including phenoxy) is 2. The summed E-state index contributed by atoms with van der Waals surface area (Å²) in [5.74, 6) is 1.36. The number of likely N-dealkylation sites (tertiary alicyclic amines) is 1. The molecule has 2 fully saturated rings. The van der Waals surface area contributed by atoms with Gasteiger partial charge in [0.15, 0.2) is 11.6 Å². The molecule has 234 valence electrons. The van der Waals surface area contributed by atoms with E-state index in [4.69, 9.17) is 9.47 Å². The van der Waals surface area contributed by atoms with E-state index < -0.39 is 35.0 Å². The number of aromatic nitrogens is 1. The van der Waals surface area contributed by atoms with Crippen LogP contribution in [0, 0.1) is 34.7 Å². The fraction of sp³-hybridized carbons (Fsp3) is 0.455. The van der Waals surface area contributed by atoms with Crippen LogP contribution in [-0.2, 0) is 16.1 Å². The molecule has 3 heterocycles. The van der Waals surface area contributed by atoms with Crippen molar-refractivity contribution < 1.29 is 36.9 Å². The number of carboxylic acid groups (broad SMARTS) is 1. The highest BCUT2D eigenvalue weighted by Gasteiger charge is 2.42. The van der Waals surface area contributed by atoms with Crippen LogP contribution in [0.5, 0.6) is 5.75 Å². The monoisotopic (exact) mass is 613 g/mol. The third-order valence-corrected chi connectivity index (χ3v) is 8.67. The Morgan fingerprint density at radius 2 is 1.86 bits per heavy atom. The Balaban J connectivity index is 1.29. The van der Waals surface area contributed by atoms with E-state index in [2.05, 4.69) is 21.7 Å². The quantitative estimate of drug-likeness (QED) is 0.194. The molecule has 44 heavy (non-hydrogen) atoms. The molecule has 0 unspecified atom stereocenters. The van der Waals surface area contributed by atoms with Crippen molar-refractivity contribution in [3.05, 3.63) is 70.7 Å². The zero-order chi connectivity index (χ0) is 31.3. The number of morpholine rings is 1. The maximum atomic E-state index is 16.4. The summed E-state index contributed by atoms with van der Waals surface area (Å²) in [6.07, 6.45) is 1.01. The molecular formula is C33H35F4N3O4. The van der Waals surface area contributed by atoms with Gasteiger partial charge in [-0.2, -0.15) is 0 Å². The average molecular weight is 614 g/mol. The van der Waals surface area contributed by atoms with E-state index in [0.29, 0.717) is 61.1 Å². The fourth-order valence-corrected chi connectivity index (χ4v) is 6.01. The third kappa shape index (κ3) is 7.15. The summed E-state index contributed by atoms with van der Waals surface area (Å²) >= 11 is 0. The maximum absolute atomic E-state index is 16.4. The van der Waals surface area contributed by atoms with Crippen molar-refractivity contribution in [1.82, 2.24) is 14.8 Å². The minimum atomic E-state index is -1.43. The summed E-state index contributed by atoms with van der Waals surface area (Å²) < 4.78 is 68.1. The van der Waals surface area contributed by atoms with Crippen LogP contribution in [0.25, 0.3) is 10.9 Å². The van der Waals surface area contributed by atoms with E-state index in [0.717, 1.165) is 24.7 Å². The molecule has 0 spiro atoms. The maximum Gasteiger partial charge on any atom is 0.309 e. The third-order valence-electron chi connectivity index (χ3n) is 8.67. The van der Waals surface area contributed by atoms with Gasteiger partial charge in [0.2, 0.25) is 0 Å². The van der Waals surface area contributed by atoms with Crippen LogP contribution in [0.15, 0.2) is 36.5 Å². The Labute approximate surface area is 253 Å². The molecule has 2 aliphatic rings. The Morgan fingerprint density at radius 3 is 2.57 bits per heavy atom. The van der Waals surface area contributed by atoms with Gasteiger partial charge in [-0.3, -0.25) is 19.6 Å². The van der Waals surface area contributed by atoms with Gasteiger partial charge in [0.1, 0.15) is 17.7 Å². The zero-order valence-corrected chi connectivity index (χ0v) is 24.6. The predicted octanol–water partition coefficient (Wildman–Crippen LogP) is 5.50. The molecule has 2 aromatic carbocycles. The summed E-state index contributed by atoms with van der Waals surface area (Å²) in [6, 6.07) is 6.64. The largest absolute Gasteiger partial charge is 0.497 e. The van der Waals surface area contributed by atoms with Crippen molar-refractivity contribution in [1.29, 1.82) is 0 Å². The molecule has 0 saturated carbocycles. The van der Waals surface area contributed by atoms with E-state index >= 15 is 4.39 Å². The summed E-state index contributed by atoms with van der Waals surface area (Å²) in [5, 5.41) is 10.9. The lowest BCUT2D eigenvalue weighted by molar-refractivity contribution is -0.152. The predicted molar refractivity (Wildman–Crippen MR) is 156 cm³/mol. The van der Waals surface area contributed by atoms with Crippen molar-refractivity contribution in [3.63, 3.8) is 0 Å². The Kier molecular flexibility index (Phi) is 10.0. The summed E-state index contributed by atoms with van der Waals surface area (Å²) in [5.41, 5.74) is 0.416. The first kappa shape index (κ1) is 31.7. The first-order valence-corrected chi connectivity index (χ1v) is 14.7. The van der Waals surface area contributed by atoms with E-state index in [9.17, 15) is 23.1 Å². The van der Waals surface area contributed by atoms with Crippen LogP contribution in [0.3, 0.4) is 0 Å². The first-order chi connectivity index (χ1) is 21.2. The standard InChI is InChI=1S/C33H35F4N3O4/c1-43-25-4-5-29-26(19-25)30(23(20-38-29)21-40-13-15-44-16-14-40)27(35)6-7-33(32(41)42)8-11-39(12-9-33)10-2-3-22-17-24(34)18-28(36)31(22)37/h4-5,17-20,27H,6-16,21H2,1H3,(H,41,42)/t27-/m1/s1. The van der Waals surface area contributed by atoms with Gasteiger partial charge in [-0.05, 0) is 55.5 Å². The zero-order valence-electron chi connectivity index (χ0n) is 24.6. The van der Waals surface area contributed by atoms with Crippen LogP contribution in [-0.4, -0.2) is 78.9 Å². The molecule has 2 saturated heterocycles. The van der Waals surface area contributed by atoms with Crippen molar-refractivity contribution in [2.24, 2.45) is 5.41 Å².